The Bertz CT molecular complexity index is 589. The van der Waals surface area contributed by atoms with Crippen molar-refractivity contribution < 1.29 is 9.53 Å². The number of hydrogen-bond acceptors (Lipinski definition) is 2. The summed E-state index contributed by atoms with van der Waals surface area (Å²) in [6, 6.07) is 20.2. The lowest BCUT2D eigenvalue weighted by Crippen LogP contribution is -2.45. The second-order valence-electron chi connectivity index (χ2n) is 5.30. The molecule has 0 bridgehead atoms. The van der Waals surface area contributed by atoms with E-state index in [1.54, 1.807) is 0 Å². The summed E-state index contributed by atoms with van der Waals surface area (Å²) in [4.78, 5) is 11.2. The van der Waals surface area contributed by atoms with Crippen molar-refractivity contribution in [1.29, 1.82) is 0 Å². The molecule has 2 N–H and O–H groups in total. The molecule has 3 rings (SSSR count). The van der Waals surface area contributed by atoms with Crippen LogP contribution in [0.5, 0.6) is 0 Å². The maximum absolute atomic E-state index is 11.2. The van der Waals surface area contributed by atoms with Crippen LogP contribution in [0, 0.1) is 0 Å². The maximum Gasteiger partial charge on any atom is 0.405 e. The van der Waals surface area contributed by atoms with E-state index in [0.29, 0.717) is 5.92 Å². The van der Waals surface area contributed by atoms with Gasteiger partial charge in [0.2, 0.25) is 0 Å². The zero-order valence-electron chi connectivity index (χ0n) is 11.2. The Labute approximate surface area is 118 Å². The van der Waals surface area contributed by atoms with E-state index in [2.05, 4.69) is 12.1 Å². The van der Waals surface area contributed by atoms with Gasteiger partial charge in [0.15, 0.2) is 0 Å². The van der Waals surface area contributed by atoms with Crippen molar-refractivity contribution >= 4 is 6.09 Å². The number of amides is 1. The molecule has 0 unspecified atom stereocenters. The number of primary amides is 1. The van der Waals surface area contributed by atoms with Gasteiger partial charge in [0, 0.05) is 0 Å². The van der Waals surface area contributed by atoms with E-state index < -0.39 is 11.7 Å². The standard InChI is InChI=1S/C17H17NO2/c18-16(19)20-17(15-9-5-2-6-10-15)11-14(12-17)13-7-3-1-4-8-13/h1-10,14H,11-12H2,(H2,18,19). The van der Waals surface area contributed by atoms with E-state index in [0.717, 1.165) is 18.4 Å². The third kappa shape index (κ3) is 2.27. The molecule has 1 amide bonds. The third-order valence-electron chi connectivity index (χ3n) is 4.02. The van der Waals surface area contributed by atoms with E-state index in [9.17, 15) is 4.79 Å². The van der Waals surface area contributed by atoms with Gasteiger partial charge >= 0.3 is 6.09 Å². The zero-order valence-corrected chi connectivity index (χ0v) is 11.2. The van der Waals surface area contributed by atoms with Crippen molar-refractivity contribution in [3.8, 4) is 0 Å². The minimum Gasteiger partial charge on any atom is -0.438 e. The summed E-state index contributed by atoms with van der Waals surface area (Å²) in [7, 11) is 0. The molecule has 0 atom stereocenters. The van der Waals surface area contributed by atoms with Crippen LogP contribution in [-0.2, 0) is 10.3 Å². The first-order valence-electron chi connectivity index (χ1n) is 6.78. The van der Waals surface area contributed by atoms with E-state index in [1.165, 1.54) is 5.56 Å². The number of hydrogen-bond donors (Lipinski definition) is 1. The normalized spacial score (nSPS) is 24.7. The average Bonchev–Trinajstić information content (AvgIpc) is 2.44. The van der Waals surface area contributed by atoms with Gasteiger partial charge in [0.25, 0.3) is 0 Å². The van der Waals surface area contributed by atoms with Crippen LogP contribution >= 0.6 is 0 Å². The van der Waals surface area contributed by atoms with Crippen LogP contribution in [0.15, 0.2) is 60.7 Å². The molecule has 0 aromatic heterocycles. The van der Waals surface area contributed by atoms with Gasteiger partial charge < -0.3 is 10.5 Å². The number of nitrogens with two attached hydrogens (primary N) is 1. The van der Waals surface area contributed by atoms with E-state index in [4.69, 9.17) is 10.5 Å². The van der Waals surface area contributed by atoms with Gasteiger partial charge in [-0.3, -0.25) is 0 Å². The molecule has 0 saturated heterocycles. The summed E-state index contributed by atoms with van der Waals surface area (Å²) < 4.78 is 5.45. The number of benzene rings is 2. The number of rotatable bonds is 3. The van der Waals surface area contributed by atoms with Gasteiger partial charge in [-0.25, -0.2) is 4.79 Å². The van der Waals surface area contributed by atoms with Crippen molar-refractivity contribution in [2.45, 2.75) is 24.4 Å². The predicted molar refractivity (Wildman–Crippen MR) is 77.2 cm³/mol. The van der Waals surface area contributed by atoms with Gasteiger partial charge in [-0.2, -0.15) is 0 Å². The molecule has 102 valence electrons. The highest BCUT2D eigenvalue weighted by molar-refractivity contribution is 5.66. The summed E-state index contributed by atoms with van der Waals surface area (Å²) >= 11 is 0. The Hall–Kier alpha value is -2.29. The minimum absolute atomic E-state index is 0.413. The second kappa shape index (κ2) is 5.00. The van der Waals surface area contributed by atoms with Gasteiger partial charge in [-0.1, -0.05) is 60.7 Å². The summed E-state index contributed by atoms with van der Waals surface area (Å²) in [5.74, 6) is 0.413. The first-order chi connectivity index (χ1) is 9.70. The number of carbonyl (C=O) groups excluding carboxylic acids is 1. The predicted octanol–water partition coefficient (Wildman–Crippen LogP) is 3.55. The highest BCUT2D eigenvalue weighted by Gasteiger charge is 2.49. The third-order valence-corrected chi connectivity index (χ3v) is 4.02. The lowest BCUT2D eigenvalue weighted by atomic mass is 9.65. The summed E-state index contributed by atoms with van der Waals surface area (Å²) in [6.07, 6.45) is 0.855. The van der Waals surface area contributed by atoms with Gasteiger partial charge in [0.05, 0.1) is 0 Å². The topological polar surface area (TPSA) is 52.3 Å². The monoisotopic (exact) mass is 267 g/mol. The molecule has 0 aliphatic heterocycles. The average molecular weight is 267 g/mol. The van der Waals surface area contributed by atoms with Crippen molar-refractivity contribution in [2.75, 3.05) is 0 Å². The Morgan fingerprint density at radius 3 is 2.10 bits per heavy atom. The van der Waals surface area contributed by atoms with Gasteiger partial charge in [-0.05, 0) is 29.9 Å². The van der Waals surface area contributed by atoms with Gasteiger partial charge in [0.1, 0.15) is 5.60 Å². The number of carbonyl (C=O) groups is 1. The van der Waals surface area contributed by atoms with Crippen molar-refractivity contribution in [3.05, 3.63) is 71.8 Å². The molecule has 1 saturated carbocycles. The van der Waals surface area contributed by atoms with Crippen LogP contribution < -0.4 is 5.73 Å². The molecule has 1 aliphatic carbocycles. The molecule has 0 radical (unpaired) electrons. The Balaban J connectivity index is 1.84. The molecule has 2 aromatic rings. The molecule has 1 aliphatic rings. The number of ether oxygens (including phenoxy) is 1. The van der Waals surface area contributed by atoms with Crippen molar-refractivity contribution in [3.63, 3.8) is 0 Å². The summed E-state index contributed by atoms with van der Waals surface area (Å²) in [6.45, 7) is 0. The van der Waals surface area contributed by atoms with Crippen LogP contribution in [0.4, 0.5) is 4.79 Å². The maximum atomic E-state index is 11.2. The molecule has 1 fully saturated rings. The molecule has 0 heterocycles. The van der Waals surface area contributed by atoms with E-state index in [-0.39, 0.29) is 0 Å². The highest BCUT2D eigenvalue weighted by Crippen LogP contribution is 2.53. The van der Waals surface area contributed by atoms with Crippen LogP contribution in [0.1, 0.15) is 29.9 Å². The van der Waals surface area contributed by atoms with E-state index in [1.807, 2.05) is 48.5 Å². The second-order valence-corrected chi connectivity index (χ2v) is 5.30. The Morgan fingerprint density at radius 1 is 1.00 bits per heavy atom. The minimum atomic E-state index is -0.708. The first-order valence-corrected chi connectivity index (χ1v) is 6.78. The summed E-state index contributed by atoms with van der Waals surface area (Å²) in [5.41, 5.74) is 6.99. The molecule has 2 aromatic carbocycles. The SMILES string of the molecule is NC(=O)OC1(c2ccccc2)CC(c2ccccc2)C1. The fraction of sp³-hybridized carbons (Fsp3) is 0.235. The fourth-order valence-corrected chi connectivity index (χ4v) is 3.01. The molecule has 20 heavy (non-hydrogen) atoms. The van der Waals surface area contributed by atoms with Crippen LogP contribution in [-0.4, -0.2) is 6.09 Å². The van der Waals surface area contributed by atoms with Crippen LogP contribution in [0.25, 0.3) is 0 Å². The lowest BCUT2D eigenvalue weighted by molar-refractivity contribution is -0.0629. The van der Waals surface area contributed by atoms with E-state index >= 15 is 0 Å². The fourth-order valence-electron chi connectivity index (χ4n) is 3.01. The largest absolute Gasteiger partial charge is 0.438 e. The summed E-state index contributed by atoms with van der Waals surface area (Å²) in [5, 5.41) is 0. The van der Waals surface area contributed by atoms with Crippen molar-refractivity contribution in [1.82, 2.24) is 0 Å². The Morgan fingerprint density at radius 2 is 1.55 bits per heavy atom. The molecule has 3 nitrogen and oxygen atoms in total. The van der Waals surface area contributed by atoms with Gasteiger partial charge in [-0.15, -0.1) is 0 Å². The van der Waals surface area contributed by atoms with Crippen LogP contribution in [0.2, 0.25) is 0 Å². The zero-order chi connectivity index (χ0) is 14.0. The van der Waals surface area contributed by atoms with Crippen molar-refractivity contribution in [2.24, 2.45) is 5.73 Å². The van der Waals surface area contributed by atoms with Crippen LogP contribution in [0.3, 0.4) is 0 Å². The molecular formula is C17H17NO2. The lowest BCUT2D eigenvalue weighted by Gasteiger charge is -2.47. The highest BCUT2D eigenvalue weighted by atomic mass is 16.6. The molecule has 3 heteroatoms. The smallest absolute Gasteiger partial charge is 0.405 e. The first kappa shape index (κ1) is 12.7. The quantitative estimate of drug-likeness (QED) is 0.924. The molecule has 0 spiro atoms. The Kier molecular flexibility index (Phi) is 3.18. The molecular weight excluding hydrogens is 250 g/mol.